The lowest BCUT2D eigenvalue weighted by Crippen LogP contribution is -2.44. The summed E-state index contributed by atoms with van der Waals surface area (Å²) in [4.78, 5) is 17.6. The monoisotopic (exact) mass is 492 g/mol. The highest BCUT2D eigenvalue weighted by Crippen LogP contribution is 2.26. The molecule has 3 aromatic rings. The molecule has 2 aliphatic heterocycles. The molecule has 0 spiro atoms. The molecule has 3 aromatic carbocycles. The Morgan fingerprint density at radius 1 is 0.946 bits per heavy atom. The maximum Gasteiger partial charge on any atom is 0.315 e. The first-order valence-electron chi connectivity index (χ1n) is 12.6. The Labute approximate surface area is 218 Å². The van der Waals surface area contributed by atoms with Crippen molar-refractivity contribution in [2.75, 3.05) is 19.6 Å². The Morgan fingerprint density at radius 3 is 2.27 bits per heavy atom. The van der Waals surface area contributed by atoms with Crippen LogP contribution in [0.1, 0.15) is 35.2 Å². The number of carbonyl (C=O) groups is 1. The number of hydrogen-bond acceptors (Lipinski definition) is 4. The third-order valence-electron chi connectivity index (χ3n) is 6.53. The van der Waals surface area contributed by atoms with E-state index in [9.17, 15) is 4.79 Å². The number of fused-ring (bicyclic) bond motifs is 1. The van der Waals surface area contributed by atoms with Crippen LogP contribution in [-0.2, 0) is 0 Å². The minimum Gasteiger partial charge on any atom is -0.340 e. The van der Waals surface area contributed by atoms with Crippen LogP contribution in [0.5, 0.6) is 0 Å². The van der Waals surface area contributed by atoms with E-state index in [1.54, 1.807) is 0 Å². The summed E-state index contributed by atoms with van der Waals surface area (Å²) >= 11 is 0. The number of benzene rings is 3. The van der Waals surface area contributed by atoms with Crippen molar-refractivity contribution >= 4 is 17.6 Å². The number of aryl methyl sites for hydroxylation is 1. The van der Waals surface area contributed by atoms with Crippen molar-refractivity contribution in [2.24, 2.45) is 4.99 Å². The Kier molecular flexibility index (Phi) is 7.33. The van der Waals surface area contributed by atoms with Gasteiger partial charge >= 0.3 is 6.03 Å². The summed E-state index contributed by atoms with van der Waals surface area (Å²) in [6.07, 6.45) is 2.05. The smallest absolute Gasteiger partial charge is 0.315 e. The molecule has 0 bridgehead atoms. The number of aliphatic imine (C=N–C) groups is 1. The summed E-state index contributed by atoms with van der Waals surface area (Å²) in [5.41, 5.74) is 10.0. The zero-order valence-electron chi connectivity index (χ0n) is 21.2. The molecule has 7 nitrogen and oxygen atoms in total. The van der Waals surface area contributed by atoms with E-state index < -0.39 is 0 Å². The minimum absolute atomic E-state index is 0.227. The summed E-state index contributed by atoms with van der Waals surface area (Å²) in [5.74, 6) is 1.83. The van der Waals surface area contributed by atoms with Gasteiger partial charge in [0.15, 0.2) is 0 Å². The molecule has 4 N–H and O–H groups in total. The molecule has 0 radical (unpaired) electrons. The number of amidine groups is 1. The predicted molar refractivity (Wildman–Crippen MR) is 148 cm³/mol. The third kappa shape index (κ3) is 5.57. The van der Waals surface area contributed by atoms with Gasteiger partial charge in [0.1, 0.15) is 11.7 Å². The van der Waals surface area contributed by atoms with Gasteiger partial charge in [-0.05, 0) is 36.1 Å². The summed E-state index contributed by atoms with van der Waals surface area (Å²) in [6, 6.07) is 27.8. The van der Waals surface area contributed by atoms with Crippen LogP contribution < -0.4 is 21.4 Å². The van der Waals surface area contributed by atoms with Crippen LogP contribution in [0.3, 0.4) is 0 Å². The molecule has 0 aliphatic carbocycles. The van der Waals surface area contributed by atoms with Gasteiger partial charge in [0.25, 0.3) is 0 Å². The summed E-state index contributed by atoms with van der Waals surface area (Å²) < 4.78 is 0. The van der Waals surface area contributed by atoms with Crippen molar-refractivity contribution in [3.8, 4) is 0 Å². The van der Waals surface area contributed by atoms with Crippen molar-refractivity contribution in [1.82, 2.24) is 26.4 Å². The normalized spacial score (nSPS) is 15.9. The van der Waals surface area contributed by atoms with E-state index in [0.29, 0.717) is 13.1 Å². The van der Waals surface area contributed by atoms with E-state index in [1.165, 1.54) is 11.1 Å². The fourth-order valence-corrected chi connectivity index (χ4v) is 4.58. The largest absolute Gasteiger partial charge is 0.340 e. The molecule has 2 heterocycles. The van der Waals surface area contributed by atoms with Crippen molar-refractivity contribution in [1.29, 1.82) is 0 Å². The maximum absolute atomic E-state index is 12.8. The topological polar surface area (TPSA) is 80.8 Å². The predicted octanol–water partition coefficient (Wildman–Crippen LogP) is 4.48. The summed E-state index contributed by atoms with van der Waals surface area (Å²) in [7, 11) is 0. The van der Waals surface area contributed by atoms with E-state index in [1.807, 2.05) is 77.8 Å². The molecular formula is C30H32N6O. The lowest BCUT2D eigenvalue weighted by molar-refractivity contribution is 0.239. The third-order valence-corrected chi connectivity index (χ3v) is 6.53. The minimum atomic E-state index is -0.234. The van der Waals surface area contributed by atoms with Crippen LogP contribution in [0.15, 0.2) is 107 Å². The van der Waals surface area contributed by atoms with Crippen LogP contribution in [0.25, 0.3) is 5.70 Å². The second-order valence-corrected chi connectivity index (χ2v) is 9.19. The molecule has 5 rings (SSSR count). The number of nitrogens with one attached hydrogen (secondary N) is 4. The highest BCUT2D eigenvalue weighted by molar-refractivity contribution is 6.02. The Hall–Kier alpha value is -4.36. The zero-order chi connectivity index (χ0) is 25.6. The Bertz CT molecular complexity index is 1310. The van der Waals surface area contributed by atoms with E-state index in [2.05, 4.69) is 53.4 Å². The molecule has 2 amide bonds. The second kappa shape index (κ2) is 11.1. The molecule has 7 heteroatoms. The SMILES string of the molecule is CC1=C2NC(c3ccccc3C)=CC(=NCCNC(=O)NC(c3ccccc3)c3ccccc3)N2NC1. The van der Waals surface area contributed by atoms with E-state index in [-0.39, 0.29) is 12.1 Å². The molecule has 0 saturated heterocycles. The van der Waals surface area contributed by atoms with Gasteiger partial charge < -0.3 is 16.0 Å². The lowest BCUT2D eigenvalue weighted by atomic mass is 9.99. The fraction of sp³-hybridized carbons (Fsp3) is 0.200. The maximum atomic E-state index is 12.8. The van der Waals surface area contributed by atoms with Crippen molar-refractivity contribution in [3.63, 3.8) is 0 Å². The van der Waals surface area contributed by atoms with Crippen LogP contribution in [0, 0.1) is 6.92 Å². The molecule has 0 fully saturated rings. The number of urea groups is 1. The van der Waals surface area contributed by atoms with Crippen LogP contribution in [0.2, 0.25) is 0 Å². The first-order chi connectivity index (χ1) is 18.1. The van der Waals surface area contributed by atoms with Gasteiger partial charge in [-0.1, -0.05) is 84.9 Å². The quantitative estimate of drug-likeness (QED) is 0.367. The zero-order valence-corrected chi connectivity index (χ0v) is 21.2. The van der Waals surface area contributed by atoms with Crippen LogP contribution in [-0.4, -0.2) is 36.5 Å². The lowest BCUT2D eigenvalue weighted by Gasteiger charge is -2.30. The van der Waals surface area contributed by atoms with E-state index in [0.717, 1.165) is 40.6 Å². The van der Waals surface area contributed by atoms with Crippen molar-refractivity contribution in [2.45, 2.75) is 19.9 Å². The first-order valence-corrected chi connectivity index (χ1v) is 12.6. The van der Waals surface area contributed by atoms with E-state index >= 15 is 0 Å². The highest BCUT2D eigenvalue weighted by Gasteiger charge is 2.28. The van der Waals surface area contributed by atoms with Gasteiger partial charge in [-0.15, -0.1) is 0 Å². The molecule has 0 saturated carbocycles. The number of hydrogen-bond donors (Lipinski definition) is 4. The molecular weight excluding hydrogens is 460 g/mol. The fourth-order valence-electron chi connectivity index (χ4n) is 4.58. The second-order valence-electron chi connectivity index (χ2n) is 9.19. The average molecular weight is 493 g/mol. The van der Waals surface area contributed by atoms with Gasteiger partial charge in [-0.25, -0.2) is 15.2 Å². The van der Waals surface area contributed by atoms with E-state index in [4.69, 9.17) is 4.99 Å². The Balaban J connectivity index is 1.26. The van der Waals surface area contributed by atoms with Crippen molar-refractivity contribution < 1.29 is 4.79 Å². The molecule has 0 atom stereocenters. The van der Waals surface area contributed by atoms with Gasteiger partial charge in [0, 0.05) is 24.7 Å². The number of amides is 2. The van der Waals surface area contributed by atoms with Gasteiger partial charge in [-0.2, -0.15) is 0 Å². The molecule has 37 heavy (non-hydrogen) atoms. The molecule has 2 aliphatic rings. The van der Waals surface area contributed by atoms with Gasteiger partial charge in [0.05, 0.1) is 18.3 Å². The van der Waals surface area contributed by atoms with Crippen LogP contribution in [0.4, 0.5) is 4.79 Å². The number of nitrogens with zero attached hydrogens (tertiary/aromatic N) is 2. The molecule has 0 aromatic heterocycles. The first kappa shape index (κ1) is 24.3. The van der Waals surface area contributed by atoms with Crippen LogP contribution >= 0.6 is 0 Å². The average Bonchev–Trinajstić information content (AvgIpc) is 3.31. The standard InChI is InChI=1S/C30H32N6O/c1-21-11-9-10-16-25(21)26-19-27(36-29(34-26)22(2)20-33-36)31-17-18-32-30(37)35-28(23-12-5-3-6-13-23)24-14-7-4-8-15-24/h3-16,19,28,33-34H,17-18,20H2,1-2H3,(H2,32,35,37). The highest BCUT2D eigenvalue weighted by atomic mass is 16.2. The van der Waals surface area contributed by atoms with Gasteiger partial charge in [0.2, 0.25) is 0 Å². The van der Waals surface area contributed by atoms with Gasteiger partial charge in [-0.3, -0.25) is 4.99 Å². The summed E-state index contributed by atoms with van der Waals surface area (Å²) in [5, 5.41) is 11.6. The number of hydrazine groups is 1. The Morgan fingerprint density at radius 2 is 1.59 bits per heavy atom. The van der Waals surface area contributed by atoms with Crippen molar-refractivity contribution in [3.05, 3.63) is 125 Å². The molecule has 0 unspecified atom stereocenters. The number of carbonyl (C=O) groups excluding carboxylic acids is 1. The number of rotatable bonds is 7. The molecule has 188 valence electrons. The summed E-state index contributed by atoms with van der Waals surface area (Å²) in [6.45, 7) is 5.84.